The van der Waals surface area contributed by atoms with Gasteiger partial charge in [0.05, 0.1) is 0 Å². The van der Waals surface area contributed by atoms with E-state index in [1.54, 1.807) is 0 Å². The van der Waals surface area contributed by atoms with Crippen LogP contribution in [-0.2, 0) is 0 Å². The van der Waals surface area contributed by atoms with Crippen molar-refractivity contribution in [2.24, 2.45) is 10.4 Å². The van der Waals surface area contributed by atoms with Gasteiger partial charge in [-0.2, -0.15) is 0 Å². The van der Waals surface area contributed by atoms with Crippen LogP contribution in [0.3, 0.4) is 0 Å². The third-order valence-corrected chi connectivity index (χ3v) is 1.79. The van der Waals surface area contributed by atoms with E-state index in [-0.39, 0.29) is 5.41 Å². The van der Waals surface area contributed by atoms with E-state index in [0.717, 1.165) is 5.70 Å². The summed E-state index contributed by atoms with van der Waals surface area (Å²) in [5.41, 5.74) is 2.46. The zero-order chi connectivity index (χ0) is 9.78. The van der Waals surface area contributed by atoms with E-state index < -0.39 is 0 Å². The highest BCUT2D eigenvalue weighted by molar-refractivity contribution is 5.33. The summed E-state index contributed by atoms with van der Waals surface area (Å²) in [6, 6.07) is 0. The van der Waals surface area contributed by atoms with Crippen LogP contribution in [0.1, 0.15) is 34.6 Å². The molecule has 0 aromatic rings. The van der Waals surface area contributed by atoms with Crippen LogP contribution in [0.25, 0.3) is 0 Å². The van der Waals surface area contributed by atoms with Crippen molar-refractivity contribution in [1.29, 1.82) is 0 Å². The van der Waals surface area contributed by atoms with E-state index in [0.29, 0.717) is 0 Å². The van der Waals surface area contributed by atoms with Gasteiger partial charge < -0.3 is 0 Å². The van der Waals surface area contributed by atoms with E-state index in [2.05, 4.69) is 44.6 Å². The quantitative estimate of drug-likeness (QED) is 0.438. The van der Waals surface area contributed by atoms with Gasteiger partial charge >= 0.3 is 0 Å². The molecule has 0 aliphatic heterocycles. The number of rotatable bonds is 2. The molecule has 0 heterocycles. The second-order valence-corrected chi connectivity index (χ2v) is 3.94. The molecule has 0 saturated heterocycles. The molecule has 0 spiro atoms. The van der Waals surface area contributed by atoms with Gasteiger partial charge in [0.2, 0.25) is 0 Å². The Morgan fingerprint density at radius 1 is 1.33 bits per heavy atom. The Hall–Kier alpha value is -0.850. The molecule has 1 nitrogen and oxygen atoms in total. The van der Waals surface area contributed by atoms with Gasteiger partial charge in [0, 0.05) is 5.70 Å². The molecule has 0 aromatic carbocycles. The molecule has 0 bridgehead atoms. The summed E-state index contributed by atoms with van der Waals surface area (Å²) in [4.78, 5) is 3.86. The van der Waals surface area contributed by atoms with Crippen LogP contribution in [0.5, 0.6) is 0 Å². The minimum Gasteiger partial charge on any atom is -0.269 e. The molecule has 0 fully saturated rings. The predicted octanol–water partition coefficient (Wildman–Crippen LogP) is 3.58. The molecule has 0 unspecified atom stereocenters. The highest BCUT2D eigenvalue weighted by atomic mass is 14.7. The van der Waals surface area contributed by atoms with Gasteiger partial charge in [0.25, 0.3) is 0 Å². The topological polar surface area (TPSA) is 12.4 Å². The number of aliphatic imine (C=N–C) groups is 1. The molecule has 0 saturated carbocycles. The number of hydrogen-bond acceptors (Lipinski definition) is 1. The Morgan fingerprint density at radius 3 is 2.08 bits per heavy atom. The van der Waals surface area contributed by atoms with E-state index in [9.17, 15) is 0 Å². The smallest absolute Gasteiger partial charge is 0.0368 e. The van der Waals surface area contributed by atoms with Crippen LogP contribution in [0.15, 0.2) is 28.4 Å². The van der Waals surface area contributed by atoms with Gasteiger partial charge in [-0.1, -0.05) is 26.8 Å². The molecule has 0 N–H and O–H groups in total. The molecular formula is C11H19N. The number of nitrogens with zero attached hydrogens (tertiary/aromatic N) is 1. The summed E-state index contributed by atoms with van der Waals surface area (Å²) in [6.07, 6.45) is 4.20. The lowest BCUT2D eigenvalue weighted by Gasteiger charge is -2.20. The summed E-state index contributed by atoms with van der Waals surface area (Å²) in [5, 5.41) is 0. The first-order valence-corrected chi connectivity index (χ1v) is 4.23. The van der Waals surface area contributed by atoms with Crippen molar-refractivity contribution in [3.63, 3.8) is 0 Å². The SMILES string of the molecule is C=N/C(C)=C\C(=C/C)C(C)(C)C. The largest absolute Gasteiger partial charge is 0.269 e. The van der Waals surface area contributed by atoms with Crippen LogP contribution in [0, 0.1) is 5.41 Å². The third-order valence-electron chi connectivity index (χ3n) is 1.79. The molecule has 68 valence electrons. The highest BCUT2D eigenvalue weighted by Crippen LogP contribution is 2.26. The third kappa shape index (κ3) is 3.51. The maximum Gasteiger partial charge on any atom is 0.0368 e. The normalized spacial score (nSPS) is 14.8. The monoisotopic (exact) mass is 165 g/mol. The highest BCUT2D eigenvalue weighted by Gasteiger charge is 2.13. The van der Waals surface area contributed by atoms with Crippen molar-refractivity contribution < 1.29 is 0 Å². The fourth-order valence-corrected chi connectivity index (χ4v) is 1.00. The Bertz CT molecular complexity index is 214. The fraction of sp³-hybridized carbons (Fsp3) is 0.545. The Balaban J connectivity index is 4.74. The second kappa shape index (κ2) is 4.24. The molecule has 0 aliphatic rings. The first-order chi connectivity index (χ1) is 5.41. The molecule has 1 heteroatoms. The standard InChI is InChI=1S/C11H19N/c1-7-10(11(3,4)5)8-9(2)12-6/h7-8H,6H2,1-5H3/b9-8-,10-7+. The van der Waals surface area contributed by atoms with E-state index in [1.807, 2.05) is 13.8 Å². The predicted molar refractivity (Wildman–Crippen MR) is 56.5 cm³/mol. The molecule has 0 aliphatic carbocycles. The zero-order valence-corrected chi connectivity index (χ0v) is 8.81. The van der Waals surface area contributed by atoms with Crippen LogP contribution in [0.4, 0.5) is 0 Å². The summed E-state index contributed by atoms with van der Waals surface area (Å²) in [7, 11) is 0. The summed E-state index contributed by atoms with van der Waals surface area (Å²) >= 11 is 0. The van der Waals surface area contributed by atoms with Crippen LogP contribution in [-0.4, -0.2) is 6.72 Å². The summed E-state index contributed by atoms with van der Waals surface area (Å²) in [5.74, 6) is 0. The minimum atomic E-state index is 0.195. The molecule has 0 radical (unpaired) electrons. The Morgan fingerprint density at radius 2 is 1.83 bits per heavy atom. The number of hydrogen-bond donors (Lipinski definition) is 0. The van der Waals surface area contributed by atoms with E-state index in [1.165, 1.54) is 5.57 Å². The van der Waals surface area contributed by atoms with Crippen molar-refractivity contribution in [2.45, 2.75) is 34.6 Å². The second-order valence-electron chi connectivity index (χ2n) is 3.94. The van der Waals surface area contributed by atoms with Crippen molar-refractivity contribution in [3.8, 4) is 0 Å². The van der Waals surface area contributed by atoms with Crippen LogP contribution >= 0.6 is 0 Å². The Labute approximate surface area is 75.9 Å². The van der Waals surface area contributed by atoms with Gasteiger partial charge in [0.1, 0.15) is 0 Å². The lowest BCUT2D eigenvalue weighted by Crippen LogP contribution is -2.07. The van der Waals surface area contributed by atoms with Crippen molar-refractivity contribution >= 4 is 6.72 Å². The van der Waals surface area contributed by atoms with Gasteiger partial charge in [-0.15, -0.1) is 0 Å². The molecule has 0 amide bonds. The lowest BCUT2D eigenvalue weighted by atomic mass is 9.86. The molecule has 0 aromatic heterocycles. The van der Waals surface area contributed by atoms with Crippen LogP contribution in [0.2, 0.25) is 0 Å². The van der Waals surface area contributed by atoms with Crippen molar-refractivity contribution in [3.05, 3.63) is 23.4 Å². The molecule has 12 heavy (non-hydrogen) atoms. The molecule has 0 rings (SSSR count). The zero-order valence-electron chi connectivity index (χ0n) is 8.81. The lowest BCUT2D eigenvalue weighted by molar-refractivity contribution is 0.515. The van der Waals surface area contributed by atoms with E-state index in [4.69, 9.17) is 0 Å². The average Bonchev–Trinajstić information content (AvgIpc) is 1.97. The summed E-state index contributed by atoms with van der Waals surface area (Å²) < 4.78 is 0. The summed E-state index contributed by atoms with van der Waals surface area (Å²) in [6.45, 7) is 14.1. The first-order valence-electron chi connectivity index (χ1n) is 4.23. The minimum absolute atomic E-state index is 0.195. The van der Waals surface area contributed by atoms with Gasteiger partial charge in [-0.3, -0.25) is 4.99 Å². The maximum atomic E-state index is 3.86. The first kappa shape index (κ1) is 11.2. The number of allylic oxidation sites excluding steroid dienone is 4. The van der Waals surface area contributed by atoms with Crippen molar-refractivity contribution in [1.82, 2.24) is 0 Å². The van der Waals surface area contributed by atoms with Gasteiger partial charge in [0.15, 0.2) is 0 Å². The average molecular weight is 165 g/mol. The molecule has 0 atom stereocenters. The van der Waals surface area contributed by atoms with Gasteiger partial charge in [-0.05, 0) is 37.6 Å². The van der Waals surface area contributed by atoms with E-state index >= 15 is 0 Å². The Kier molecular flexibility index (Phi) is 3.94. The maximum absolute atomic E-state index is 3.86. The van der Waals surface area contributed by atoms with Gasteiger partial charge in [-0.25, -0.2) is 0 Å². The van der Waals surface area contributed by atoms with Crippen molar-refractivity contribution in [2.75, 3.05) is 0 Å². The molecular weight excluding hydrogens is 146 g/mol. The van der Waals surface area contributed by atoms with Crippen LogP contribution < -0.4 is 0 Å². The fourth-order valence-electron chi connectivity index (χ4n) is 1.00.